The number of thiazole rings is 1. The van der Waals surface area contributed by atoms with Crippen molar-refractivity contribution in [3.63, 3.8) is 0 Å². The first-order valence-corrected chi connectivity index (χ1v) is 6.42. The maximum atomic E-state index is 6.05. The molecule has 3 aromatic heterocycles. The molecule has 0 aliphatic carbocycles. The van der Waals surface area contributed by atoms with E-state index < -0.39 is 0 Å². The van der Waals surface area contributed by atoms with Crippen molar-refractivity contribution in [3.8, 4) is 0 Å². The number of rotatable bonds is 3. The van der Waals surface area contributed by atoms with Crippen LogP contribution in [0.5, 0.6) is 0 Å². The Morgan fingerprint density at radius 2 is 2.44 bits per heavy atom. The van der Waals surface area contributed by atoms with E-state index >= 15 is 0 Å². The van der Waals surface area contributed by atoms with Crippen molar-refractivity contribution >= 4 is 27.8 Å². The highest BCUT2D eigenvalue weighted by Gasteiger charge is 2.12. The molecule has 0 amide bonds. The summed E-state index contributed by atoms with van der Waals surface area (Å²) in [5.74, 6) is 0. The van der Waals surface area contributed by atoms with Crippen molar-refractivity contribution in [1.29, 1.82) is 0 Å². The van der Waals surface area contributed by atoms with Gasteiger partial charge in [-0.1, -0.05) is 4.49 Å². The number of hydrogen-bond acceptors (Lipinski definition) is 6. The molecule has 0 aliphatic rings. The average molecular weight is 251 g/mol. The standard InChI is InChI=1S/C9H9N5S2/c10-7(8-4-11-13-16-8)3-6-5-14-1-2-15-9(14)12-6/h1-2,4-5,7H,3,10H2. The molecule has 0 fully saturated rings. The second-order valence-electron chi connectivity index (χ2n) is 3.46. The predicted octanol–water partition coefficient (Wildman–Crippen LogP) is 1.49. The number of imidazole rings is 1. The van der Waals surface area contributed by atoms with Gasteiger partial charge in [0.05, 0.1) is 16.8 Å². The lowest BCUT2D eigenvalue weighted by molar-refractivity contribution is 0.722. The van der Waals surface area contributed by atoms with E-state index in [9.17, 15) is 0 Å². The van der Waals surface area contributed by atoms with Crippen molar-refractivity contribution in [2.75, 3.05) is 0 Å². The van der Waals surface area contributed by atoms with Crippen LogP contribution < -0.4 is 5.73 Å². The summed E-state index contributed by atoms with van der Waals surface area (Å²) in [7, 11) is 0. The molecule has 0 aromatic carbocycles. The Morgan fingerprint density at radius 3 is 3.19 bits per heavy atom. The highest BCUT2D eigenvalue weighted by molar-refractivity contribution is 7.15. The highest BCUT2D eigenvalue weighted by atomic mass is 32.1. The summed E-state index contributed by atoms with van der Waals surface area (Å²) < 4.78 is 5.82. The lowest BCUT2D eigenvalue weighted by Gasteiger charge is -2.04. The fourth-order valence-electron chi connectivity index (χ4n) is 1.54. The maximum Gasteiger partial charge on any atom is 0.193 e. The zero-order valence-electron chi connectivity index (χ0n) is 8.28. The van der Waals surface area contributed by atoms with Crippen molar-refractivity contribution in [2.45, 2.75) is 12.5 Å². The molecule has 0 bridgehead atoms. The van der Waals surface area contributed by atoms with Crippen LogP contribution in [-0.4, -0.2) is 19.0 Å². The van der Waals surface area contributed by atoms with E-state index in [1.54, 1.807) is 17.5 Å². The van der Waals surface area contributed by atoms with Crippen molar-refractivity contribution in [2.24, 2.45) is 5.73 Å². The second-order valence-corrected chi connectivity index (χ2v) is 5.15. The molecule has 7 heteroatoms. The van der Waals surface area contributed by atoms with E-state index in [2.05, 4.69) is 14.6 Å². The molecule has 0 aliphatic heterocycles. The van der Waals surface area contributed by atoms with Gasteiger partial charge in [0.1, 0.15) is 0 Å². The summed E-state index contributed by atoms with van der Waals surface area (Å²) in [6.45, 7) is 0. The molecule has 2 N–H and O–H groups in total. The number of fused-ring (bicyclic) bond motifs is 1. The number of nitrogens with zero attached hydrogens (tertiary/aromatic N) is 4. The lowest BCUT2D eigenvalue weighted by Crippen LogP contribution is -2.11. The van der Waals surface area contributed by atoms with Gasteiger partial charge in [-0.05, 0) is 11.5 Å². The fraction of sp³-hybridized carbons (Fsp3) is 0.222. The molecule has 3 aromatic rings. The number of aromatic nitrogens is 4. The van der Waals surface area contributed by atoms with Gasteiger partial charge in [0.15, 0.2) is 4.96 Å². The van der Waals surface area contributed by atoms with Crippen molar-refractivity contribution in [1.82, 2.24) is 19.0 Å². The molecule has 0 radical (unpaired) electrons. The van der Waals surface area contributed by atoms with Crippen LogP contribution in [0.25, 0.3) is 4.96 Å². The molecule has 3 rings (SSSR count). The number of hydrogen-bond donors (Lipinski definition) is 1. The minimum absolute atomic E-state index is 0.0652. The van der Waals surface area contributed by atoms with Gasteiger partial charge in [-0.25, -0.2) is 4.98 Å². The quantitative estimate of drug-likeness (QED) is 0.765. The van der Waals surface area contributed by atoms with Crippen LogP contribution in [0.4, 0.5) is 0 Å². The van der Waals surface area contributed by atoms with Gasteiger partial charge in [0, 0.05) is 30.2 Å². The Hall–Kier alpha value is -1.31. The summed E-state index contributed by atoms with van der Waals surface area (Å²) in [5.41, 5.74) is 7.05. The molecule has 82 valence electrons. The Kier molecular flexibility index (Phi) is 2.43. The topological polar surface area (TPSA) is 69.1 Å². The second kappa shape index (κ2) is 3.93. The minimum atomic E-state index is -0.0652. The molecule has 0 spiro atoms. The summed E-state index contributed by atoms with van der Waals surface area (Å²) in [5, 5.41) is 5.80. The van der Waals surface area contributed by atoms with E-state index in [4.69, 9.17) is 5.73 Å². The Bertz CT molecular complexity index is 553. The minimum Gasteiger partial charge on any atom is -0.323 e. The third-order valence-corrected chi connectivity index (χ3v) is 3.88. The Morgan fingerprint density at radius 1 is 1.50 bits per heavy atom. The van der Waals surface area contributed by atoms with Crippen LogP contribution >= 0.6 is 22.9 Å². The summed E-state index contributed by atoms with van der Waals surface area (Å²) in [4.78, 5) is 6.49. The molecule has 16 heavy (non-hydrogen) atoms. The van der Waals surface area contributed by atoms with Crippen LogP contribution in [0.1, 0.15) is 16.6 Å². The van der Waals surface area contributed by atoms with Gasteiger partial charge in [0.25, 0.3) is 0 Å². The molecule has 1 unspecified atom stereocenters. The Balaban J connectivity index is 1.82. The van der Waals surface area contributed by atoms with Gasteiger partial charge in [-0.3, -0.25) is 4.40 Å². The van der Waals surface area contributed by atoms with Crippen molar-refractivity contribution < 1.29 is 0 Å². The molecule has 3 heterocycles. The first-order chi connectivity index (χ1) is 7.83. The van der Waals surface area contributed by atoms with Crippen molar-refractivity contribution in [3.05, 3.63) is 34.5 Å². The number of nitrogens with two attached hydrogens (primary N) is 1. The Labute approximate surface area is 99.7 Å². The first kappa shape index (κ1) is 9.88. The average Bonchev–Trinajstić information content (AvgIpc) is 2.91. The fourth-order valence-corrected chi connectivity index (χ4v) is 2.76. The van der Waals surface area contributed by atoms with Gasteiger partial charge >= 0.3 is 0 Å². The van der Waals surface area contributed by atoms with Gasteiger partial charge in [-0.2, -0.15) is 0 Å². The zero-order chi connectivity index (χ0) is 11.0. The molecular weight excluding hydrogens is 242 g/mol. The van der Waals surface area contributed by atoms with Gasteiger partial charge in [-0.15, -0.1) is 16.4 Å². The normalized spacial score (nSPS) is 13.3. The summed E-state index contributed by atoms with van der Waals surface area (Å²) in [6, 6.07) is -0.0652. The van der Waals surface area contributed by atoms with E-state index in [-0.39, 0.29) is 6.04 Å². The monoisotopic (exact) mass is 251 g/mol. The predicted molar refractivity (Wildman–Crippen MR) is 63.6 cm³/mol. The van der Waals surface area contributed by atoms with E-state index in [1.165, 1.54) is 11.5 Å². The van der Waals surface area contributed by atoms with Crippen LogP contribution in [-0.2, 0) is 6.42 Å². The third-order valence-electron chi connectivity index (χ3n) is 2.32. The van der Waals surface area contributed by atoms with Gasteiger partial charge in [0.2, 0.25) is 0 Å². The molecule has 0 saturated heterocycles. The van der Waals surface area contributed by atoms with E-state index in [0.29, 0.717) is 0 Å². The van der Waals surface area contributed by atoms with Crippen LogP contribution in [0.15, 0.2) is 24.0 Å². The zero-order valence-corrected chi connectivity index (χ0v) is 9.91. The van der Waals surface area contributed by atoms with E-state index in [1.807, 2.05) is 22.2 Å². The van der Waals surface area contributed by atoms with Crippen LogP contribution in [0.2, 0.25) is 0 Å². The molecule has 5 nitrogen and oxygen atoms in total. The molecule has 0 saturated carbocycles. The maximum absolute atomic E-state index is 6.05. The summed E-state index contributed by atoms with van der Waals surface area (Å²) in [6.07, 6.45) is 6.45. The third kappa shape index (κ3) is 1.73. The molecular formula is C9H9N5S2. The first-order valence-electron chi connectivity index (χ1n) is 4.77. The molecule has 1 atom stereocenters. The largest absolute Gasteiger partial charge is 0.323 e. The van der Waals surface area contributed by atoms with Gasteiger partial charge < -0.3 is 5.73 Å². The smallest absolute Gasteiger partial charge is 0.193 e. The highest BCUT2D eigenvalue weighted by Crippen LogP contribution is 2.19. The van der Waals surface area contributed by atoms with Crippen LogP contribution in [0.3, 0.4) is 0 Å². The lowest BCUT2D eigenvalue weighted by atomic mass is 10.1. The van der Waals surface area contributed by atoms with E-state index in [0.717, 1.165) is 22.0 Å². The summed E-state index contributed by atoms with van der Waals surface area (Å²) >= 11 is 2.96. The van der Waals surface area contributed by atoms with Crippen LogP contribution in [0, 0.1) is 0 Å². The SMILES string of the molecule is NC(Cc1cn2ccsc2n1)c1cnns1.